The molecule has 230 valence electrons. The molecule has 0 radical (unpaired) electrons. The molecule has 0 amide bonds. The first-order chi connectivity index (χ1) is 18.4. The summed E-state index contributed by atoms with van der Waals surface area (Å²) in [6.07, 6.45) is 28.5. The van der Waals surface area contributed by atoms with Gasteiger partial charge in [0.25, 0.3) is 0 Å². The van der Waals surface area contributed by atoms with Crippen LogP contribution in [0.25, 0.3) is 0 Å². The number of rotatable bonds is 31. The van der Waals surface area contributed by atoms with Crippen molar-refractivity contribution < 1.29 is 51.3 Å². The van der Waals surface area contributed by atoms with Crippen LogP contribution in [0, 0.1) is 0 Å². The largest absolute Gasteiger partial charge is 1.00 e. The Morgan fingerprint density at radius 1 is 0.513 bits per heavy atom. The molecule has 0 aliphatic heterocycles. The quantitative estimate of drug-likeness (QED) is 0.0466. The molecule has 0 saturated heterocycles. The van der Waals surface area contributed by atoms with Crippen LogP contribution in [0.1, 0.15) is 187 Å². The van der Waals surface area contributed by atoms with E-state index in [1.54, 1.807) is 0 Å². The number of halogens is 2. The summed E-state index contributed by atoms with van der Waals surface area (Å²) in [7, 11) is -4.60. The first kappa shape index (κ1) is 41.9. The molecule has 2 atom stereocenters. The summed E-state index contributed by atoms with van der Waals surface area (Å²) >= 11 is 0. The van der Waals surface area contributed by atoms with Crippen LogP contribution < -0.4 is 29.6 Å². The van der Waals surface area contributed by atoms with Crippen molar-refractivity contribution in [1.82, 2.24) is 0 Å². The van der Waals surface area contributed by atoms with Crippen molar-refractivity contribution in [3.63, 3.8) is 0 Å². The van der Waals surface area contributed by atoms with Crippen molar-refractivity contribution in [3.05, 3.63) is 0 Å². The van der Waals surface area contributed by atoms with Crippen molar-refractivity contribution in [2.45, 2.75) is 198 Å². The van der Waals surface area contributed by atoms with Gasteiger partial charge in [-0.05, 0) is 19.3 Å². The molecule has 0 aliphatic carbocycles. The van der Waals surface area contributed by atoms with E-state index in [4.69, 9.17) is 0 Å². The zero-order valence-electron chi connectivity index (χ0n) is 26.0. The summed E-state index contributed by atoms with van der Waals surface area (Å²) in [5.74, 6) is 0. The van der Waals surface area contributed by atoms with Crippen LogP contribution in [0.4, 0.5) is 8.78 Å². The molecule has 39 heavy (non-hydrogen) atoms. The summed E-state index contributed by atoms with van der Waals surface area (Å²) < 4.78 is 61.5. The van der Waals surface area contributed by atoms with E-state index in [1.165, 1.54) is 89.9 Å². The van der Waals surface area contributed by atoms with Crippen LogP contribution in [-0.2, 0) is 10.1 Å². The predicted molar refractivity (Wildman–Crippen MR) is 159 cm³/mol. The third-order valence-electron chi connectivity index (χ3n) is 7.98. The van der Waals surface area contributed by atoms with Gasteiger partial charge in [0.15, 0.2) is 0 Å². The molecule has 0 rings (SSSR count). The maximum absolute atomic E-state index is 14.6. The van der Waals surface area contributed by atoms with E-state index in [0.717, 1.165) is 57.8 Å². The summed E-state index contributed by atoms with van der Waals surface area (Å²) in [5, 5.41) is -1.38. The topological polar surface area (TPSA) is 57.2 Å². The van der Waals surface area contributed by atoms with E-state index in [-0.39, 0.29) is 49.1 Å². The Bertz CT molecular complexity index is 578. The second kappa shape index (κ2) is 31.7. The predicted octanol–water partition coefficient (Wildman–Crippen LogP) is 8.15. The van der Waals surface area contributed by atoms with Crippen molar-refractivity contribution in [2.75, 3.05) is 6.67 Å². The Morgan fingerprint density at radius 2 is 0.795 bits per heavy atom. The molecule has 0 aromatic heterocycles. The Balaban J connectivity index is 0. The van der Waals surface area contributed by atoms with E-state index >= 15 is 0 Å². The Hall–Kier alpha value is 0.770. The molecule has 2 unspecified atom stereocenters. The number of unbranched alkanes of at least 4 members (excludes halogenated alkanes) is 24. The van der Waals surface area contributed by atoms with Crippen LogP contribution in [-0.4, -0.2) is 31.1 Å². The van der Waals surface area contributed by atoms with Gasteiger partial charge in [-0.3, -0.25) is 4.39 Å². The van der Waals surface area contributed by atoms with Crippen molar-refractivity contribution in [2.24, 2.45) is 0 Å². The Kier molecular flexibility index (Phi) is 34.1. The Morgan fingerprint density at radius 3 is 1.10 bits per heavy atom. The van der Waals surface area contributed by atoms with Gasteiger partial charge in [0.05, 0.1) is 11.9 Å². The minimum Gasteiger partial charge on any atom is -0.748 e. The molecular formula is C32H63F2NaO3S. The van der Waals surface area contributed by atoms with Gasteiger partial charge < -0.3 is 4.55 Å². The molecule has 0 N–H and O–H groups in total. The fourth-order valence-electron chi connectivity index (χ4n) is 5.43. The van der Waals surface area contributed by atoms with Gasteiger partial charge in [-0.2, -0.15) is 0 Å². The van der Waals surface area contributed by atoms with Gasteiger partial charge in [-0.25, -0.2) is 12.8 Å². The summed E-state index contributed by atoms with van der Waals surface area (Å²) in [5.41, 5.74) is 0. The third kappa shape index (κ3) is 30.0. The van der Waals surface area contributed by atoms with E-state index in [1.807, 2.05) is 0 Å². The molecular weight excluding hydrogens is 525 g/mol. The Labute approximate surface area is 264 Å². The molecule has 0 aromatic carbocycles. The first-order valence-electron chi connectivity index (χ1n) is 16.6. The van der Waals surface area contributed by atoms with Crippen LogP contribution in [0.3, 0.4) is 0 Å². The zero-order valence-corrected chi connectivity index (χ0v) is 28.9. The molecule has 0 saturated carbocycles. The van der Waals surface area contributed by atoms with E-state index in [9.17, 15) is 21.8 Å². The number of hydrogen-bond acceptors (Lipinski definition) is 3. The molecule has 3 nitrogen and oxygen atoms in total. The maximum Gasteiger partial charge on any atom is 1.00 e. The van der Waals surface area contributed by atoms with Crippen molar-refractivity contribution in [3.8, 4) is 0 Å². The summed E-state index contributed by atoms with van der Waals surface area (Å²) in [6, 6.07) is 0. The average Bonchev–Trinajstić information content (AvgIpc) is 2.88. The standard InChI is InChI=1S/C32H64F2O3S.Na/c1-2-3-4-5-6-7-8-9-10-11-12-13-14-15-16-20-23-26-29-32(38(35,36)37)31(34)28-25-22-19-17-18-21-24-27-30-33;/h31-32H,2-30H2,1H3,(H,35,36,37);/q;+1/p-1. The fourth-order valence-corrected chi connectivity index (χ4v) is 6.39. The summed E-state index contributed by atoms with van der Waals surface area (Å²) in [6.45, 7) is 2.02. The van der Waals surface area contributed by atoms with Crippen molar-refractivity contribution >= 4 is 10.1 Å². The monoisotopic (exact) mass is 588 g/mol. The van der Waals surface area contributed by atoms with Gasteiger partial charge >= 0.3 is 29.6 Å². The average molecular weight is 589 g/mol. The first-order valence-corrected chi connectivity index (χ1v) is 18.0. The van der Waals surface area contributed by atoms with Gasteiger partial charge in [0.1, 0.15) is 16.3 Å². The fraction of sp³-hybridized carbons (Fsp3) is 1.00. The normalized spacial score (nSPS) is 13.3. The number of alkyl halides is 2. The third-order valence-corrected chi connectivity index (χ3v) is 9.25. The smallest absolute Gasteiger partial charge is 0.748 e. The van der Waals surface area contributed by atoms with Gasteiger partial charge in [0.2, 0.25) is 0 Å². The molecule has 0 aliphatic rings. The molecule has 0 heterocycles. The molecule has 0 bridgehead atoms. The second-order valence-electron chi connectivity index (χ2n) is 11.7. The van der Waals surface area contributed by atoms with E-state index < -0.39 is 21.5 Å². The summed E-state index contributed by atoms with van der Waals surface area (Å²) in [4.78, 5) is 0. The molecule has 7 heteroatoms. The minimum absolute atomic E-state index is 0. The maximum atomic E-state index is 14.6. The van der Waals surface area contributed by atoms with Crippen molar-refractivity contribution in [1.29, 1.82) is 0 Å². The van der Waals surface area contributed by atoms with Gasteiger partial charge in [-0.1, -0.05) is 167 Å². The minimum atomic E-state index is -4.60. The van der Waals surface area contributed by atoms with Crippen LogP contribution in [0.2, 0.25) is 0 Å². The molecule has 0 spiro atoms. The van der Waals surface area contributed by atoms with Gasteiger partial charge in [0, 0.05) is 0 Å². The van der Waals surface area contributed by atoms with Crippen LogP contribution >= 0.6 is 0 Å². The zero-order chi connectivity index (χ0) is 28.2. The van der Waals surface area contributed by atoms with Crippen LogP contribution in [0.15, 0.2) is 0 Å². The molecule has 0 fully saturated rings. The number of hydrogen-bond donors (Lipinski definition) is 0. The van der Waals surface area contributed by atoms with Crippen LogP contribution in [0.5, 0.6) is 0 Å². The van der Waals surface area contributed by atoms with Gasteiger partial charge in [-0.15, -0.1) is 0 Å². The second-order valence-corrected chi connectivity index (χ2v) is 13.2. The van der Waals surface area contributed by atoms with E-state index in [2.05, 4.69) is 6.92 Å². The SMILES string of the molecule is CCCCCCCCCCCCCCCCCCCCC(C(F)CCCCCCCCCCF)S(=O)(=O)[O-].[Na+]. The van der Waals surface area contributed by atoms with E-state index in [0.29, 0.717) is 19.3 Å². The molecule has 0 aromatic rings.